The molecule has 9 nitrogen and oxygen atoms in total. The molecule has 0 unspecified atom stereocenters. The molecule has 0 radical (unpaired) electrons. The smallest absolute Gasteiger partial charge is 0.258 e. The number of nitro benzene ring substituents is 1. The molecule has 0 aromatic heterocycles. The third-order valence-electron chi connectivity index (χ3n) is 2.64. The van der Waals surface area contributed by atoms with Crippen molar-refractivity contribution >= 4 is 25.7 Å². The van der Waals surface area contributed by atoms with Gasteiger partial charge < -0.3 is 0 Å². The zero-order chi connectivity index (χ0) is 16.3. The lowest BCUT2D eigenvalue weighted by molar-refractivity contribution is -0.385. The zero-order valence-electron chi connectivity index (χ0n) is 11.1. The van der Waals surface area contributed by atoms with E-state index in [-0.39, 0.29) is 34.9 Å². The molecule has 1 aromatic rings. The maximum Gasteiger partial charge on any atom is 0.273 e. The second-order valence-corrected chi connectivity index (χ2v) is 7.75. The Hall–Kier alpha value is -1.56. The Morgan fingerprint density at radius 2 is 1.90 bits per heavy atom. The maximum atomic E-state index is 12.0. The molecule has 21 heavy (non-hydrogen) atoms. The van der Waals surface area contributed by atoms with E-state index in [1.807, 2.05) is 0 Å². The highest BCUT2D eigenvalue weighted by Gasteiger charge is 2.22. The normalized spacial score (nSPS) is 12.3. The Labute approximate surface area is 122 Å². The monoisotopic (exact) mass is 337 g/mol. The molecule has 0 aliphatic heterocycles. The molecule has 0 fully saturated rings. The molecule has 0 bridgehead atoms. The first kappa shape index (κ1) is 17.5. The zero-order valence-corrected chi connectivity index (χ0v) is 12.8. The Morgan fingerprint density at radius 3 is 2.43 bits per heavy atom. The van der Waals surface area contributed by atoms with Gasteiger partial charge in [-0.15, -0.1) is 0 Å². The topological polar surface area (TPSA) is 149 Å². The highest BCUT2D eigenvalue weighted by atomic mass is 32.2. The van der Waals surface area contributed by atoms with Crippen LogP contribution in [0.5, 0.6) is 0 Å². The first-order valence-electron chi connectivity index (χ1n) is 5.79. The van der Waals surface area contributed by atoms with E-state index < -0.39 is 25.0 Å². The van der Waals surface area contributed by atoms with Gasteiger partial charge in [-0.3, -0.25) is 10.1 Å². The summed E-state index contributed by atoms with van der Waals surface area (Å²) in [6, 6.07) is 3.71. The minimum absolute atomic E-state index is 0.00599. The maximum absolute atomic E-state index is 12.0. The van der Waals surface area contributed by atoms with Crippen molar-refractivity contribution in [2.75, 3.05) is 12.3 Å². The Kier molecular flexibility index (Phi) is 5.39. The van der Waals surface area contributed by atoms with Crippen molar-refractivity contribution in [3.8, 4) is 0 Å². The van der Waals surface area contributed by atoms with Crippen LogP contribution in [0.4, 0.5) is 5.69 Å². The largest absolute Gasteiger partial charge is 0.273 e. The van der Waals surface area contributed by atoms with Crippen molar-refractivity contribution in [3.05, 3.63) is 33.9 Å². The van der Waals surface area contributed by atoms with Crippen molar-refractivity contribution in [1.82, 2.24) is 4.72 Å². The summed E-state index contributed by atoms with van der Waals surface area (Å²) in [5.74, 6) is -0.358. The Bertz CT molecular complexity index is 742. The average Bonchev–Trinajstić information content (AvgIpc) is 2.33. The fraction of sp³-hybridized carbons (Fsp3) is 0.400. The summed E-state index contributed by atoms with van der Waals surface area (Å²) in [7, 11) is -7.61. The van der Waals surface area contributed by atoms with Gasteiger partial charge in [0.25, 0.3) is 5.69 Å². The van der Waals surface area contributed by atoms with E-state index >= 15 is 0 Å². The number of nitrogens with zero attached hydrogens (tertiary/aromatic N) is 1. The van der Waals surface area contributed by atoms with E-state index in [9.17, 15) is 26.9 Å². The molecule has 0 spiro atoms. The van der Waals surface area contributed by atoms with Crippen LogP contribution in [0.2, 0.25) is 0 Å². The van der Waals surface area contributed by atoms with Crippen LogP contribution in [0.15, 0.2) is 23.1 Å². The van der Waals surface area contributed by atoms with Crippen LogP contribution in [0.3, 0.4) is 0 Å². The van der Waals surface area contributed by atoms with Crippen molar-refractivity contribution in [1.29, 1.82) is 0 Å². The van der Waals surface area contributed by atoms with E-state index in [1.54, 1.807) is 0 Å². The van der Waals surface area contributed by atoms with Crippen LogP contribution in [-0.4, -0.2) is 34.1 Å². The van der Waals surface area contributed by atoms with Gasteiger partial charge in [0.05, 0.1) is 15.6 Å². The third-order valence-corrected chi connectivity index (χ3v) is 5.10. The molecule has 0 saturated carbocycles. The lowest BCUT2D eigenvalue weighted by Crippen LogP contribution is -2.28. The van der Waals surface area contributed by atoms with Crippen LogP contribution in [0.1, 0.15) is 12.0 Å². The molecule has 3 N–H and O–H groups in total. The van der Waals surface area contributed by atoms with Gasteiger partial charge in [-0.05, 0) is 19.4 Å². The average molecular weight is 337 g/mol. The molecule has 1 rings (SSSR count). The fourth-order valence-corrected chi connectivity index (χ4v) is 3.53. The quantitative estimate of drug-likeness (QED) is 0.401. The minimum Gasteiger partial charge on any atom is -0.258 e. The highest BCUT2D eigenvalue weighted by Crippen LogP contribution is 2.24. The molecule has 0 aliphatic rings. The number of nitro groups is 1. The number of rotatable bonds is 7. The number of benzene rings is 1. The molecular weight excluding hydrogens is 322 g/mol. The fourth-order valence-electron chi connectivity index (χ4n) is 1.65. The molecule has 11 heteroatoms. The summed E-state index contributed by atoms with van der Waals surface area (Å²) in [5.41, 5.74) is -0.288. The molecule has 1 aromatic carbocycles. The van der Waals surface area contributed by atoms with Gasteiger partial charge in [0, 0.05) is 18.2 Å². The van der Waals surface area contributed by atoms with Crippen molar-refractivity contribution < 1.29 is 21.8 Å². The van der Waals surface area contributed by atoms with Crippen LogP contribution in [0.25, 0.3) is 0 Å². The summed E-state index contributed by atoms with van der Waals surface area (Å²) in [6.07, 6.45) is 0.00599. The number of nitrogens with two attached hydrogens (primary N) is 1. The van der Waals surface area contributed by atoms with Crippen molar-refractivity contribution in [3.63, 3.8) is 0 Å². The SMILES string of the molecule is Cc1c([N+](=O)[O-])cccc1S(=O)(=O)NCCCS(N)(=O)=O. The standard InChI is InChI=1S/C10H15N3O6S2/c1-8-9(13(14)15)4-2-5-10(8)21(18,19)12-6-3-7-20(11,16)17/h2,4-5,12H,3,6-7H2,1H3,(H2,11,16,17). The first-order chi connectivity index (χ1) is 9.54. The minimum atomic E-state index is -3.95. The van der Waals surface area contributed by atoms with E-state index in [1.165, 1.54) is 25.1 Å². The van der Waals surface area contributed by atoms with Gasteiger partial charge in [-0.1, -0.05) is 6.07 Å². The molecule has 118 valence electrons. The Morgan fingerprint density at radius 1 is 1.29 bits per heavy atom. The molecular formula is C10H15N3O6S2. The number of nitrogens with one attached hydrogen (secondary N) is 1. The lowest BCUT2D eigenvalue weighted by Gasteiger charge is -2.09. The summed E-state index contributed by atoms with van der Waals surface area (Å²) in [5, 5.41) is 15.6. The summed E-state index contributed by atoms with van der Waals surface area (Å²) in [6.45, 7) is 1.19. The molecule has 0 aliphatic carbocycles. The predicted octanol–water partition coefficient (Wildman–Crippen LogP) is -0.140. The summed E-state index contributed by atoms with van der Waals surface area (Å²) >= 11 is 0. The lowest BCUT2D eigenvalue weighted by atomic mass is 10.2. The van der Waals surface area contributed by atoms with Gasteiger partial charge in [0.2, 0.25) is 20.0 Å². The van der Waals surface area contributed by atoms with Gasteiger partial charge >= 0.3 is 0 Å². The van der Waals surface area contributed by atoms with E-state index in [0.717, 1.165) is 0 Å². The van der Waals surface area contributed by atoms with Crippen LogP contribution in [-0.2, 0) is 20.0 Å². The van der Waals surface area contributed by atoms with E-state index in [0.29, 0.717) is 0 Å². The second-order valence-electron chi connectivity index (χ2n) is 4.28. The number of primary sulfonamides is 1. The third kappa shape index (κ3) is 5.04. The molecule has 0 amide bonds. The number of hydrogen-bond acceptors (Lipinski definition) is 6. The number of sulfonamides is 2. The van der Waals surface area contributed by atoms with Gasteiger partial charge in [0.1, 0.15) is 0 Å². The molecule has 0 saturated heterocycles. The summed E-state index contributed by atoms with van der Waals surface area (Å²) < 4.78 is 47.7. The van der Waals surface area contributed by atoms with Crippen LogP contribution in [0, 0.1) is 17.0 Å². The Balaban J connectivity index is 2.89. The highest BCUT2D eigenvalue weighted by molar-refractivity contribution is 7.89. The molecule has 0 heterocycles. The van der Waals surface area contributed by atoms with Gasteiger partial charge in [0.15, 0.2) is 0 Å². The number of hydrogen-bond donors (Lipinski definition) is 2. The van der Waals surface area contributed by atoms with E-state index in [4.69, 9.17) is 5.14 Å². The van der Waals surface area contributed by atoms with E-state index in [2.05, 4.69) is 4.72 Å². The second kappa shape index (κ2) is 6.47. The van der Waals surface area contributed by atoms with Crippen molar-refractivity contribution in [2.24, 2.45) is 5.14 Å². The first-order valence-corrected chi connectivity index (χ1v) is 8.98. The van der Waals surface area contributed by atoms with Crippen molar-refractivity contribution in [2.45, 2.75) is 18.2 Å². The van der Waals surface area contributed by atoms with Gasteiger partial charge in [-0.2, -0.15) is 0 Å². The predicted molar refractivity (Wildman–Crippen MR) is 75.6 cm³/mol. The van der Waals surface area contributed by atoms with Crippen LogP contribution >= 0.6 is 0 Å². The summed E-state index contributed by atoms with van der Waals surface area (Å²) in [4.78, 5) is 9.89. The molecule has 0 atom stereocenters. The van der Waals surface area contributed by atoms with Crippen LogP contribution < -0.4 is 9.86 Å². The van der Waals surface area contributed by atoms with Gasteiger partial charge in [-0.25, -0.2) is 26.7 Å².